The molecule has 0 fully saturated rings. The van der Waals surface area contributed by atoms with Gasteiger partial charge in [0.2, 0.25) is 0 Å². The van der Waals surface area contributed by atoms with Gasteiger partial charge in [-0.2, -0.15) is 0 Å². The average Bonchev–Trinajstić information content (AvgIpc) is 2.58. The minimum absolute atomic E-state index is 0.0831. The van der Waals surface area contributed by atoms with Crippen molar-refractivity contribution in [3.05, 3.63) is 39.4 Å². The molecule has 1 aromatic carbocycles. The van der Waals surface area contributed by atoms with Gasteiger partial charge in [0, 0.05) is 0 Å². The van der Waals surface area contributed by atoms with E-state index in [1.54, 1.807) is 39.0 Å². The van der Waals surface area contributed by atoms with E-state index in [4.69, 9.17) is 9.47 Å². The van der Waals surface area contributed by atoms with E-state index < -0.39 is 11.1 Å². The molecule has 0 saturated heterocycles. The normalized spacial score (nSPS) is 10.5. The molecule has 0 aliphatic heterocycles. The number of rotatable bonds is 11. The van der Waals surface area contributed by atoms with Gasteiger partial charge in [-0.15, -0.1) is 10.1 Å². The monoisotopic (exact) mass is 367 g/mol. The maximum absolute atomic E-state index is 12.0. The van der Waals surface area contributed by atoms with Crippen LogP contribution >= 0.6 is 0 Å². The zero-order valence-electron chi connectivity index (χ0n) is 15.4. The van der Waals surface area contributed by atoms with Crippen molar-refractivity contribution in [2.45, 2.75) is 46.5 Å². The predicted octanol–water partition coefficient (Wildman–Crippen LogP) is 3.48. The topological polar surface area (TPSA) is 105 Å². The van der Waals surface area contributed by atoms with Crippen molar-refractivity contribution in [2.75, 3.05) is 13.2 Å². The van der Waals surface area contributed by atoms with E-state index in [9.17, 15) is 19.7 Å². The number of nitrogens with zero attached hydrogens (tertiary/aromatic N) is 1. The first-order valence-electron chi connectivity index (χ1n) is 8.58. The van der Waals surface area contributed by atoms with Crippen molar-refractivity contribution >= 4 is 11.9 Å². The molecule has 0 spiro atoms. The number of unbranched alkanes of at least 4 members (excludes halogenated alkanes) is 3. The maximum Gasteiger partial charge on any atom is 0.338 e. The summed E-state index contributed by atoms with van der Waals surface area (Å²) in [6.07, 6.45) is 2.82. The molecule has 0 N–H and O–H groups in total. The third kappa shape index (κ3) is 7.96. The average molecular weight is 367 g/mol. The second kappa shape index (κ2) is 11.1. The molecule has 0 aliphatic rings. The van der Waals surface area contributed by atoms with Gasteiger partial charge in [-0.05, 0) is 49.9 Å². The highest BCUT2D eigenvalue weighted by Gasteiger charge is 2.14. The lowest BCUT2D eigenvalue weighted by atomic mass is 10.1. The van der Waals surface area contributed by atoms with E-state index in [0.29, 0.717) is 29.7 Å². The summed E-state index contributed by atoms with van der Waals surface area (Å²) in [5, 5.41) is 9.17. The second-order valence-electron chi connectivity index (χ2n) is 6.16. The molecule has 0 bridgehead atoms. The van der Waals surface area contributed by atoms with Crippen LogP contribution in [-0.2, 0) is 14.4 Å². The number of benzene rings is 1. The van der Waals surface area contributed by atoms with E-state index in [0.717, 1.165) is 12.8 Å². The fraction of sp³-hybridized carbons (Fsp3) is 0.556. The van der Waals surface area contributed by atoms with Crippen LogP contribution in [0.4, 0.5) is 0 Å². The lowest BCUT2D eigenvalue weighted by molar-refractivity contribution is -0.757. The highest BCUT2D eigenvalue weighted by Crippen LogP contribution is 2.21. The first kappa shape index (κ1) is 21.4. The van der Waals surface area contributed by atoms with Crippen molar-refractivity contribution < 1.29 is 29.0 Å². The molecule has 0 radical (unpaired) electrons. The van der Waals surface area contributed by atoms with Gasteiger partial charge in [0.25, 0.3) is 5.09 Å². The van der Waals surface area contributed by atoms with Crippen LogP contribution in [0.1, 0.15) is 55.5 Å². The fourth-order valence-electron chi connectivity index (χ4n) is 2.06. The predicted molar refractivity (Wildman–Crippen MR) is 93.3 cm³/mol. The van der Waals surface area contributed by atoms with Crippen molar-refractivity contribution in [1.29, 1.82) is 0 Å². The molecule has 1 rings (SSSR count). The Bertz CT molecular complexity index is 628. The maximum atomic E-state index is 12.0. The Balaban J connectivity index is 2.33. The van der Waals surface area contributed by atoms with E-state index in [1.165, 1.54) is 0 Å². The van der Waals surface area contributed by atoms with Gasteiger partial charge >= 0.3 is 11.9 Å². The smallest absolute Gasteiger partial charge is 0.338 e. The summed E-state index contributed by atoms with van der Waals surface area (Å²) < 4.78 is 10.5. The van der Waals surface area contributed by atoms with Crippen LogP contribution in [0.2, 0.25) is 0 Å². The largest absolute Gasteiger partial charge is 0.462 e. The summed E-state index contributed by atoms with van der Waals surface area (Å²) in [4.78, 5) is 37.8. The quantitative estimate of drug-likeness (QED) is 0.194. The number of hydrogen-bond acceptors (Lipinski definition) is 7. The molecule has 0 amide bonds. The fourth-order valence-corrected chi connectivity index (χ4v) is 2.06. The Kier molecular flexibility index (Phi) is 9.11. The molecule has 0 unspecified atom stereocenters. The van der Waals surface area contributed by atoms with E-state index >= 15 is 0 Å². The molecule has 0 atom stereocenters. The van der Waals surface area contributed by atoms with Crippen LogP contribution in [0.25, 0.3) is 0 Å². The number of hydrogen-bond donors (Lipinski definition) is 0. The van der Waals surface area contributed by atoms with Crippen LogP contribution in [0, 0.1) is 23.0 Å². The molecule has 0 heterocycles. The highest BCUT2D eigenvalue weighted by molar-refractivity contribution is 5.90. The zero-order valence-corrected chi connectivity index (χ0v) is 15.4. The van der Waals surface area contributed by atoms with Gasteiger partial charge in [0.1, 0.15) is 5.75 Å². The van der Waals surface area contributed by atoms with Crippen molar-refractivity contribution in [3.63, 3.8) is 0 Å². The summed E-state index contributed by atoms with van der Waals surface area (Å²) in [7, 11) is 0. The standard InChI is InChI=1S/C18H25NO7/c1-13(2)17(20)26-16-9-8-15(12-14(16)3)18(21)24-10-6-4-5-7-11-25-19(22)23/h8-9,12-13H,4-7,10-11H2,1-3H3. The van der Waals surface area contributed by atoms with E-state index in [1.807, 2.05) is 0 Å². The molecule has 1 aromatic rings. The molecular formula is C18H25NO7. The van der Waals surface area contributed by atoms with Gasteiger partial charge in [-0.3, -0.25) is 4.79 Å². The number of esters is 2. The molecule has 0 aliphatic carbocycles. The summed E-state index contributed by atoms with van der Waals surface area (Å²) in [5.74, 6) is -0.569. The Morgan fingerprint density at radius 1 is 1.12 bits per heavy atom. The summed E-state index contributed by atoms with van der Waals surface area (Å²) in [5.41, 5.74) is 1.07. The third-order valence-electron chi connectivity index (χ3n) is 3.56. The van der Waals surface area contributed by atoms with Crippen molar-refractivity contribution in [1.82, 2.24) is 0 Å². The lowest BCUT2D eigenvalue weighted by Gasteiger charge is -2.11. The van der Waals surface area contributed by atoms with Gasteiger partial charge in [-0.1, -0.05) is 20.3 Å². The SMILES string of the molecule is Cc1cc(C(=O)OCCCCCCO[N+](=O)[O-])ccc1OC(=O)C(C)C. The first-order chi connectivity index (χ1) is 12.3. The Hall–Kier alpha value is -2.64. The zero-order chi connectivity index (χ0) is 19.5. The minimum atomic E-state index is -0.807. The highest BCUT2D eigenvalue weighted by atomic mass is 16.9. The number of aryl methyl sites for hydroxylation is 1. The number of carbonyl (C=O) groups excluding carboxylic acids is 2. The molecule has 8 nitrogen and oxygen atoms in total. The van der Waals surface area contributed by atoms with Crippen LogP contribution in [0.5, 0.6) is 5.75 Å². The second-order valence-corrected chi connectivity index (χ2v) is 6.16. The van der Waals surface area contributed by atoms with Crippen LogP contribution in [-0.4, -0.2) is 30.2 Å². The van der Waals surface area contributed by atoms with Gasteiger partial charge < -0.3 is 14.3 Å². The number of carbonyl (C=O) groups is 2. The number of ether oxygens (including phenoxy) is 2. The van der Waals surface area contributed by atoms with E-state index in [2.05, 4.69) is 4.84 Å². The Labute approximate surface area is 152 Å². The van der Waals surface area contributed by atoms with E-state index in [-0.39, 0.29) is 25.1 Å². The Morgan fingerprint density at radius 2 is 1.77 bits per heavy atom. The van der Waals surface area contributed by atoms with Crippen LogP contribution < -0.4 is 4.74 Å². The van der Waals surface area contributed by atoms with Crippen molar-refractivity contribution in [2.24, 2.45) is 5.92 Å². The van der Waals surface area contributed by atoms with Gasteiger partial charge in [0.15, 0.2) is 0 Å². The molecular weight excluding hydrogens is 342 g/mol. The van der Waals surface area contributed by atoms with Crippen LogP contribution in [0.15, 0.2) is 18.2 Å². The summed E-state index contributed by atoms with van der Waals surface area (Å²) in [6.45, 7) is 5.61. The Morgan fingerprint density at radius 3 is 2.35 bits per heavy atom. The molecule has 0 saturated carbocycles. The molecule has 0 aromatic heterocycles. The molecule has 8 heteroatoms. The lowest BCUT2D eigenvalue weighted by Crippen LogP contribution is -2.15. The third-order valence-corrected chi connectivity index (χ3v) is 3.56. The first-order valence-corrected chi connectivity index (χ1v) is 8.58. The molecule has 26 heavy (non-hydrogen) atoms. The van der Waals surface area contributed by atoms with Gasteiger partial charge in [-0.25, -0.2) is 4.79 Å². The molecule has 144 valence electrons. The minimum Gasteiger partial charge on any atom is -0.462 e. The van der Waals surface area contributed by atoms with Crippen molar-refractivity contribution in [3.8, 4) is 5.75 Å². The van der Waals surface area contributed by atoms with Gasteiger partial charge in [0.05, 0.1) is 24.7 Å². The summed E-state index contributed by atoms with van der Waals surface area (Å²) >= 11 is 0. The summed E-state index contributed by atoms with van der Waals surface area (Å²) in [6, 6.07) is 4.77. The van der Waals surface area contributed by atoms with Crippen LogP contribution in [0.3, 0.4) is 0 Å².